The van der Waals surface area contributed by atoms with E-state index in [0.717, 1.165) is 19.6 Å². The molecule has 1 fully saturated rings. The Morgan fingerprint density at radius 2 is 2.06 bits per heavy atom. The SMILES string of the molecule is CCOC(=O)N1CCN(CCNC=O)CC1. The van der Waals surface area contributed by atoms with Crippen LogP contribution in [-0.4, -0.2) is 68.2 Å². The van der Waals surface area contributed by atoms with Crippen molar-refractivity contribution in [3.05, 3.63) is 0 Å². The maximum absolute atomic E-state index is 11.4. The van der Waals surface area contributed by atoms with Crippen molar-refractivity contribution in [1.82, 2.24) is 15.1 Å². The summed E-state index contributed by atoms with van der Waals surface area (Å²) in [5.41, 5.74) is 0. The quantitative estimate of drug-likeness (QED) is 0.510. The lowest BCUT2D eigenvalue weighted by atomic mass is 10.3. The van der Waals surface area contributed by atoms with Gasteiger partial charge < -0.3 is 15.0 Å². The van der Waals surface area contributed by atoms with Crippen LogP contribution in [0.5, 0.6) is 0 Å². The molecule has 0 radical (unpaired) electrons. The second kappa shape index (κ2) is 7.05. The molecule has 1 rings (SSSR count). The number of hydrogen-bond donors (Lipinski definition) is 1. The van der Waals surface area contributed by atoms with E-state index in [4.69, 9.17) is 4.74 Å². The Morgan fingerprint density at radius 1 is 1.38 bits per heavy atom. The molecule has 0 aromatic heterocycles. The van der Waals surface area contributed by atoms with Gasteiger partial charge in [0.25, 0.3) is 0 Å². The molecule has 1 N–H and O–H groups in total. The monoisotopic (exact) mass is 229 g/mol. The van der Waals surface area contributed by atoms with E-state index in [-0.39, 0.29) is 6.09 Å². The number of rotatable bonds is 5. The predicted molar refractivity (Wildman–Crippen MR) is 59.1 cm³/mol. The summed E-state index contributed by atoms with van der Waals surface area (Å²) >= 11 is 0. The van der Waals surface area contributed by atoms with E-state index >= 15 is 0 Å². The van der Waals surface area contributed by atoms with Gasteiger partial charge in [-0.2, -0.15) is 0 Å². The summed E-state index contributed by atoms with van der Waals surface area (Å²) in [7, 11) is 0. The highest BCUT2D eigenvalue weighted by Crippen LogP contribution is 2.02. The first kappa shape index (κ1) is 12.8. The highest BCUT2D eigenvalue weighted by Gasteiger charge is 2.21. The van der Waals surface area contributed by atoms with Crippen LogP contribution < -0.4 is 5.32 Å². The van der Waals surface area contributed by atoms with Crippen molar-refractivity contribution in [3.63, 3.8) is 0 Å². The Bertz CT molecular complexity index is 227. The Morgan fingerprint density at radius 3 is 2.62 bits per heavy atom. The molecule has 0 atom stereocenters. The summed E-state index contributed by atoms with van der Waals surface area (Å²) in [6.07, 6.45) is 0.475. The highest BCUT2D eigenvalue weighted by atomic mass is 16.6. The number of carbonyl (C=O) groups is 2. The van der Waals surface area contributed by atoms with Gasteiger partial charge >= 0.3 is 6.09 Å². The number of piperazine rings is 1. The number of ether oxygens (including phenoxy) is 1. The van der Waals surface area contributed by atoms with Crippen LogP contribution in [0.15, 0.2) is 0 Å². The standard InChI is InChI=1S/C10H19N3O3/c1-2-16-10(15)13-7-5-12(6-8-13)4-3-11-9-14/h9H,2-8H2,1H3,(H,11,14). The van der Waals surface area contributed by atoms with Crippen LogP contribution in [0.4, 0.5) is 4.79 Å². The van der Waals surface area contributed by atoms with Crippen LogP contribution in [-0.2, 0) is 9.53 Å². The minimum absolute atomic E-state index is 0.229. The predicted octanol–water partition coefficient (Wildman–Crippen LogP) is -0.493. The van der Waals surface area contributed by atoms with E-state index in [1.807, 2.05) is 0 Å². The highest BCUT2D eigenvalue weighted by molar-refractivity contribution is 5.67. The summed E-state index contributed by atoms with van der Waals surface area (Å²) in [5, 5.41) is 2.62. The molecule has 2 amide bonds. The number of carbonyl (C=O) groups excluding carboxylic acids is 2. The Hall–Kier alpha value is -1.30. The average molecular weight is 229 g/mol. The minimum Gasteiger partial charge on any atom is -0.450 e. The smallest absolute Gasteiger partial charge is 0.409 e. The second-order valence-corrected chi connectivity index (χ2v) is 3.60. The van der Waals surface area contributed by atoms with Gasteiger partial charge in [-0.15, -0.1) is 0 Å². The maximum atomic E-state index is 11.4. The van der Waals surface area contributed by atoms with Crippen molar-refractivity contribution in [1.29, 1.82) is 0 Å². The maximum Gasteiger partial charge on any atom is 0.409 e. The molecular weight excluding hydrogens is 210 g/mol. The van der Waals surface area contributed by atoms with Crippen LogP contribution in [0.3, 0.4) is 0 Å². The topological polar surface area (TPSA) is 61.9 Å². The van der Waals surface area contributed by atoms with Crippen molar-refractivity contribution in [2.75, 3.05) is 45.9 Å². The Balaban J connectivity index is 2.17. The normalized spacial score (nSPS) is 16.9. The zero-order valence-corrected chi connectivity index (χ0v) is 9.65. The van der Waals surface area contributed by atoms with E-state index in [2.05, 4.69) is 10.2 Å². The summed E-state index contributed by atoms with van der Waals surface area (Å²) in [6.45, 7) is 6.76. The molecule has 1 aliphatic rings. The van der Waals surface area contributed by atoms with Crippen molar-refractivity contribution in [2.45, 2.75) is 6.92 Å². The Labute approximate surface area is 95.5 Å². The molecule has 92 valence electrons. The number of amides is 2. The van der Waals surface area contributed by atoms with Gasteiger partial charge in [-0.25, -0.2) is 4.79 Å². The van der Waals surface area contributed by atoms with Gasteiger partial charge in [0.05, 0.1) is 6.61 Å². The van der Waals surface area contributed by atoms with Crippen LogP contribution in [0.1, 0.15) is 6.92 Å². The van der Waals surface area contributed by atoms with Gasteiger partial charge in [0.1, 0.15) is 0 Å². The fraction of sp³-hybridized carbons (Fsp3) is 0.800. The third-order valence-electron chi connectivity index (χ3n) is 2.55. The molecular formula is C10H19N3O3. The summed E-state index contributed by atoms with van der Waals surface area (Å²) in [4.78, 5) is 25.4. The number of nitrogens with one attached hydrogen (secondary N) is 1. The molecule has 0 unspecified atom stereocenters. The van der Waals surface area contributed by atoms with Gasteiger partial charge in [-0.3, -0.25) is 9.69 Å². The van der Waals surface area contributed by atoms with Crippen molar-refractivity contribution in [2.24, 2.45) is 0 Å². The van der Waals surface area contributed by atoms with E-state index in [0.29, 0.717) is 32.7 Å². The fourth-order valence-corrected chi connectivity index (χ4v) is 1.65. The number of nitrogens with zero attached hydrogens (tertiary/aromatic N) is 2. The summed E-state index contributed by atoms with van der Waals surface area (Å²) in [5.74, 6) is 0. The van der Waals surface area contributed by atoms with E-state index < -0.39 is 0 Å². The molecule has 1 saturated heterocycles. The lowest BCUT2D eigenvalue weighted by Gasteiger charge is -2.33. The molecule has 1 aliphatic heterocycles. The molecule has 0 bridgehead atoms. The summed E-state index contributed by atoms with van der Waals surface area (Å²) < 4.78 is 4.92. The van der Waals surface area contributed by atoms with Gasteiger partial charge in [0, 0.05) is 39.3 Å². The van der Waals surface area contributed by atoms with Crippen LogP contribution in [0, 0.1) is 0 Å². The average Bonchev–Trinajstić information content (AvgIpc) is 2.30. The first-order valence-electron chi connectivity index (χ1n) is 5.59. The molecule has 6 heteroatoms. The molecule has 0 aliphatic carbocycles. The van der Waals surface area contributed by atoms with Crippen molar-refractivity contribution in [3.8, 4) is 0 Å². The zero-order valence-electron chi connectivity index (χ0n) is 9.65. The molecule has 6 nitrogen and oxygen atoms in total. The second-order valence-electron chi connectivity index (χ2n) is 3.60. The van der Waals surface area contributed by atoms with Crippen molar-refractivity contribution >= 4 is 12.5 Å². The largest absolute Gasteiger partial charge is 0.450 e. The van der Waals surface area contributed by atoms with Gasteiger partial charge in [-0.1, -0.05) is 0 Å². The molecule has 0 aromatic carbocycles. The molecule has 0 aromatic rings. The third kappa shape index (κ3) is 4.06. The lowest BCUT2D eigenvalue weighted by molar-refractivity contribution is -0.109. The Kier molecular flexibility index (Phi) is 5.63. The van der Waals surface area contributed by atoms with E-state index in [1.54, 1.807) is 11.8 Å². The zero-order chi connectivity index (χ0) is 11.8. The van der Waals surface area contributed by atoms with Gasteiger partial charge in [0.2, 0.25) is 6.41 Å². The first-order valence-corrected chi connectivity index (χ1v) is 5.59. The van der Waals surface area contributed by atoms with E-state index in [9.17, 15) is 9.59 Å². The fourth-order valence-electron chi connectivity index (χ4n) is 1.65. The molecule has 0 saturated carbocycles. The molecule has 1 heterocycles. The van der Waals surface area contributed by atoms with Crippen LogP contribution in [0.2, 0.25) is 0 Å². The van der Waals surface area contributed by atoms with Crippen LogP contribution >= 0.6 is 0 Å². The number of hydrogen-bond acceptors (Lipinski definition) is 4. The summed E-state index contributed by atoms with van der Waals surface area (Å²) in [6, 6.07) is 0. The lowest BCUT2D eigenvalue weighted by Crippen LogP contribution is -2.50. The van der Waals surface area contributed by atoms with Gasteiger partial charge in [-0.05, 0) is 6.92 Å². The minimum atomic E-state index is -0.229. The third-order valence-corrected chi connectivity index (χ3v) is 2.55. The first-order chi connectivity index (χ1) is 7.77. The molecule has 16 heavy (non-hydrogen) atoms. The van der Waals surface area contributed by atoms with Crippen LogP contribution in [0.25, 0.3) is 0 Å². The van der Waals surface area contributed by atoms with Crippen molar-refractivity contribution < 1.29 is 14.3 Å². The van der Waals surface area contributed by atoms with Gasteiger partial charge in [0.15, 0.2) is 0 Å². The molecule has 0 spiro atoms. The van der Waals surface area contributed by atoms with E-state index in [1.165, 1.54) is 0 Å².